The highest BCUT2D eigenvalue weighted by Gasteiger charge is 2.07. The third kappa shape index (κ3) is 0.856. The molecular weight excluding hydrogens is 126 g/mol. The van der Waals surface area contributed by atoms with Crippen LogP contribution in [0.1, 0.15) is 12.0 Å². The summed E-state index contributed by atoms with van der Waals surface area (Å²) in [5.74, 6) is 0.966. The minimum Gasteiger partial charge on any atom is -0.492 e. The summed E-state index contributed by atoms with van der Waals surface area (Å²) in [4.78, 5) is 3.97. The number of ether oxygens (including phenoxy) is 1. The quantitative estimate of drug-likeness (QED) is 0.536. The van der Waals surface area contributed by atoms with Crippen molar-refractivity contribution >= 4 is 0 Å². The fourth-order valence-electron chi connectivity index (χ4n) is 1.19. The van der Waals surface area contributed by atoms with Crippen LogP contribution in [0.4, 0.5) is 0 Å². The molecule has 52 valence electrons. The molecule has 10 heavy (non-hydrogen) atoms. The highest BCUT2D eigenvalue weighted by molar-refractivity contribution is 5.31. The van der Waals surface area contributed by atoms with Gasteiger partial charge in [0.2, 0.25) is 0 Å². The SMILES string of the molecule is c1cc2c(cn1)OCCC2. The molecule has 0 bridgehead atoms. The van der Waals surface area contributed by atoms with Gasteiger partial charge in [-0.05, 0) is 24.5 Å². The van der Waals surface area contributed by atoms with Crippen molar-refractivity contribution in [3.63, 3.8) is 0 Å². The Bertz CT molecular complexity index is 209. The number of hydrogen-bond donors (Lipinski definition) is 0. The molecule has 0 amide bonds. The van der Waals surface area contributed by atoms with Crippen LogP contribution >= 0.6 is 0 Å². The van der Waals surface area contributed by atoms with Gasteiger partial charge in [-0.25, -0.2) is 0 Å². The normalized spacial score (nSPS) is 15.6. The zero-order chi connectivity index (χ0) is 6.81. The third-order valence-electron chi connectivity index (χ3n) is 1.72. The summed E-state index contributed by atoms with van der Waals surface area (Å²) in [6.45, 7) is 0.846. The lowest BCUT2D eigenvalue weighted by Crippen LogP contribution is -2.07. The Morgan fingerprint density at radius 3 is 3.40 bits per heavy atom. The second-order valence-corrected chi connectivity index (χ2v) is 2.44. The molecule has 0 saturated heterocycles. The lowest BCUT2D eigenvalue weighted by Gasteiger charge is -2.15. The molecule has 0 atom stereocenters. The Morgan fingerprint density at radius 1 is 1.50 bits per heavy atom. The fourth-order valence-corrected chi connectivity index (χ4v) is 1.19. The predicted molar refractivity (Wildman–Crippen MR) is 38.1 cm³/mol. The highest BCUT2D eigenvalue weighted by Crippen LogP contribution is 2.21. The Hall–Kier alpha value is -1.05. The summed E-state index contributed by atoms with van der Waals surface area (Å²) in [5, 5.41) is 0. The molecule has 0 N–H and O–H groups in total. The van der Waals surface area contributed by atoms with Crippen LogP contribution in [-0.4, -0.2) is 11.6 Å². The van der Waals surface area contributed by atoms with Crippen molar-refractivity contribution in [3.8, 4) is 5.75 Å². The highest BCUT2D eigenvalue weighted by atomic mass is 16.5. The molecular formula is C8H9NO. The lowest BCUT2D eigenvalue weighted by atomic mass is 10.1. The van der Waals surface area contributed by atoms with Crippen LogP contribution in [0.25, 0.3) is 0 Å². The van der Waals surface area contributed by atoms with Crippen molar-refractivity contribution in [2.24, 2.45) is 0 Å². The van der Waals surface area contributed by atoms with E-state index < -0.39 is 0 Å². The molecule has 0 saturated carbocycles. The molecule has 1 aromatic rings. The zero-order valence-corrected chi connectivity index (χ0v) is 5.71. The molecule has 0 unspecified atom stereocenters. The van der Waals surface area contributed by atoms with Crippen molar-refractivity contribution in [2.45, 2.75) is 12.8 Å². The number of aryl methyl sites for hydroxylation is 1. The molecule has 0 fully saturated rings. The van der Waals surface area contributed by atoms with E-state index in [0.717, 1.165) is 25.2 Å². The second kappa shape index (κ2) is 2.29. The molecule has 0 radical (unpaired) electrons. The zero-order valence-electron chi connectivity index (χ0n) is 5.71. The Morgan fingerprint density at radius 2 is 2.50 bits per heavy atom. The van der Waals surface area contributed by atoms with Crippen molar-refractivity contribution < 1.29 is 4.74 Å². The number of pyridine rings is 1. The van der Waals surface area contributed by atoms with Gasteiger partial charge in [0, 0.05) is 6.20 Å². The van der Waals surface area contributed by atoms with Crippen LogP contribution in [0.15, 0.2) is 18.5 Å². The molecule has 0 spiro atoms. The van der Waals surface area contributed by atoms with Crippen LogP contribution in [0.5, 0.6) is 5.75 Å². The Kier molecular flexibility index (Phi) is 1.31. The van der Waals surface area contributed by atoms with Gasteiger partial charge in [-0.1, -0.05) is 0 Å². The van der Waals surface area contributed by atoms with Crippen LogP contribution in [-0.2, 0) is 6.42 Å². The molecule has 2 rings (SSSR count). The molecule has 1 aliphatic heterocycles. The number of hydrogen-bond acceptors (Lipinski definition) is 2. The molecule has 2 nitrogen and oxygen atoms in total. The minimum atomic E-state index is 0.846. The molecule has 1 aliphatic rings. The van der Waals surface area contributed by atoms with Crippen LogP contribution in [0, 0.1) is 0 Å². The lowest BCUT2D eigenvalue weighted by molar-refractivity contribution is 0.287. The molecule has 0 aromatic carbocycles. The van der Waals surface area contributed by atoms with E-state index in [0.29, 0.717) is 0 Å². The number of aromatic nitrogens is 1. The first-order chi connectivity index (χ1) is 4.97. The van der Waals surface area contributed by atoms with Gasteiger partial charge in [-0.3, -0.25) is 4.98 Å². The van der Waals surface area contributed by atoms with Crippen molar-refractivity contribution in [1.82, 2.24) is 4.98 Å². The summed E-state index contributed by atoms with van der Waals surface area (Å²) in [5.41, 5.74) is 1.29. The summed E-state index contributed by atoms with van der Waals surface area (Å²) < 4.78 is 5.36. The van der Waals surface area contributed by atoms with E-state index in [2.05, 4.69) is 4.98 Å². The van der Waals surface area contributed by atoms with Gasteiger partial charge in [0.15, 0.2) is 0 Å². The van der Waals surface area contributed by atoms with E-state index >= 15 is 0 Å². The van der Waals surface area contributed by atoms with Gasteiger partial charge < -0.3 is 4.74 Å². The largest absolute Gasteiger partial charge is 0.492 e. The van der Waals surface area contributed by atoms with E-state index in [1.165, 1.54) is 5.56 Å². The second-order valence-electron chi connectivity index (χ2n) is 2.44. The Labute approximate surface area is 59.9 Å². The van der Waals surface area contributed by atoms with E-state index in [-0.39, 0.29) is 0 Å². The summed E-state index contributed by atoms with van der Waals surface area (Å²) in [6, 6.07) is 2.02. The molecule has 0 aliphatic carbocycles. The van der Waals surface area contributed by atoms with Gasteiger partial charge in [-0.2, -0.15) is 0 Å². The number of nitrogens with zero attached hydrogens (tertiary/aromatic N) is 1. The van der Waals surface area contributed by atoms with Crippen LogP contribution < -0.4 is 4.74 Å². The van der Waals surface area contributed by atoms with E-state index in [9.17, 15) is 0 Å². The average molecular weight is 135 g/mol. The summed E-state index contributed by atoms with van der Waals surface area (Å²) in [6.07, 6.45) is 5.87. The van der Waals surface area contributed by atoms with Gasteiger partial charge >= 0.3 is 0 Å². The van der Waals surface area contributed by atoms with E-state index in [1.807, 2.05) is 12.3 Å². The van der Waals surface area contributed by atoms with E-state index in [1.54, 1.807) is 6.20 Å². The van der Waals surface area contributed by atoms with Crippen LogP contribution in [0.3, 0.4) is 0 Å². The van der Waals surface area contributed by atoms with Gasteiger partial charge in [0.1, 0.15) is 5.75 Å². The van der Waals surface area contributed by atoms with Gasteiger partial charge in [-0.15, -0.1) is 0 Å². The van der Waals surface area contributed by atoms with Gasteiger partial charge in [0.25, 0.3) is 0 Å². The maximum absolute atomic E-state index is 5.36. The first-order valence-corrected chi connectivity index (χ1v) is 3.52. The first-order valence-electron chi connectivity index (χ1n) is 3.52. The van der Waals surface area contributed by atoms with Crippen molar-refractivity contribution in [2.75, 3.05) is 6.61 Å². The predicted octanol–water partition coefficient (Wildman–Crippen LogP) is 1.41. The monoisotopic (exact) mass is 135 g/mol. The average Bonchev–Trinajstić information content (AvgIpc) is 2.05. The smallest absolute Gasteiger partial charge is 0.140 e. The molecule has 1 aromatic heterocycles. The molecule has 2 heterocycles. The van der Waals surface area contributed by atoms with Crippen molar-refractivity contribution in [3.05, 3.63) is 24.0 Å². The van der Waals surface area contributed by atoms with E-state index in [4.69, 9.17) is 4.74 Å². The van der Waals surface area contributed by atoms with Crippen LogP contribution in [0.2, 0.25) is 0 Å². The maximum atomic E-state index is 5.36. The topological polar surface area (TPSA) is 22.1 Å². The third-order valence-corrected chi connectivity index (χ3v) is 1.72. The van der Waals surface area contributed by atoms with Crippen molar-refractivity contribution in [1.29, 1.82) is 0 Å². The number of rotatable bonds is 0. The number of fused-ring (bicyclic) bond motifs is 1. The standard InChI is InChI=1S/C8H9NO/c1-2-7-3-4-9-6-8(7)10-5-1/h3-4,6H,1-2,5H2. The summed E-state index contributed by atoms with van der Waals surface area (Å²) in [7, 11) is 0. The summed E-state index contributed by atoms with van der Waals surface area (Å²) >= 11 is 0. The fraction of sp³-hybridized carbons (Fsp3) is 0.375. The van der Waals surface area contributed by atoms with Gasteiger partial charge in [0.05, 0.1) is 12.8 Å². The Balaban J connectivity index is 2.41. The maximum Gasteiger partial charge on any atom is 0.140 e. The molecule has 2 heteroatoms. The first kappa shape index (κ1) is 5.71. The minimum absolute atomic E-state index is 0.846.